The number of carbonyl (C=O) groups excluding carboxylic acids is 1. The van der Waals surface area contributed by atoms with Crippen LogP contribution in [-0.2, 0) is 14.0 Å². The lowest BCUT2D eigenvalue weighted by molar-refractivity contribution is -0.0196. The van der Waals surface area contributed by atoms with E-state index >= 15 is 0 Å². The Hall–Kier alpha value is -0.745. The minimum atomic E-state index is -0.462. The van der Waals surface area contributed by atoms with Gasteiger partial charge >= 0.3 is 13.2 Å². The van der Waals surface area contributed by atoms with Gasteiger partial charge in [-0.05, 0) is 67.2 Å². The van der Waals surface area contributed by atoms with Crippen LogP contribution >= 0.6 is 0 Å². The van der Waals surface area contributed by atoms with E-state index in [9.17, 15) is 4.79 Å². The van der Waals surface area contributed by atoms with E-state index in [-0.39, 0.29) is 29.7 Å². The van der Waals surface area contributed by atoms with Gasteiger partial charge in [-0.1, -0.05) is 0 Å². The normalized spacial score (nSPS) is 35.0. The zero-order chi connectivity index (χ0) is 17.3. The largest absolute Gasteiger partial charge is 0.466 e. The number of amides is 1. The van der Waals surface area contributed by atoms with Gasteiger partial charge in [0.15, 0.2) is 0 Å². The zero-order valence-corrected chi connectivity index (χ0v) is 15.6. The summed E-state index contributed by atoms with van der Waals surface area (Å²) in [6, 6.07) is 0. The quantitative estimate of drug-likeness (QED) is 0.693. The van der Waals surface area contributed by atoms with Crippen molar-refractivity contribution in [2.75, 3.05) is 13.1 Å². The van der Waals surface area contributed by atoms with Crippen LogP contribution in [0.1, 0.15) is 61.3 Å². The third-order valence-electron chi connectivity index (χ3n) is 5.78. The number of carbonyl (C=O) groups is 1. The molecular weight excluding hydrogens is 293 g/mol. The number of hydrogen-bond acceptors (Lipinski definition) is 4. The van der Waals surface area contributed by atoms with Crippen molar-refractivity contribution in [2.24, 2.45) is 5.92 Å². The Morgan fingerprint density at radius 3 is 2.13 bits per heavy atom. The number of hydrogen-bond donors (Lipinski definition) is 0. The van der Waals surface area contributed by atoms with Gasteiger partial charge in [-0.2, -0.15) is 0 Å². The molecule has 3 saturated heterocycles. The lowest BCUT2D eigenvalue weighted by atomic mass is 9.41. The molecule has 0 aromatic carbocycles. The van der Waals surface area contributed by atoms with E-state index in [0.29, 0.717) is 12.5 Å². The maximum absolute atomic E-state index is 12.4. The lowest BCUT2D eigenvalue weighted by Crippen LogP contribution is -2.60. The predicted molar refractivity (Wildman–Crippen MR) is 89.3 cm³/mol. The molecule has 4 fully saturated rings. The lowest BCUT2D eigenvalue weighted by Gasteiger charge is -2.56. The van der Waals surface area contributed by atoms with Crippen molar-refractivity contribution >= 4 is 13.2 Å². The second-order valence-electron chi connectivity index (χ2n) is 9.59. The molecule has 0 aromatic heterocycles. The third-order valence-corrected chi connectivity index (χ3v) is 5.78. The molecule has 0 radical (unpaired) electrons. The molecule has 5 nitrogen and oxygen atoms in total. The van der Waals surface area contributed by atoms with E-state index in [4.69, 9.17) is 14.0 Å². The molecule has 0 N–H and O–H groups in total. The standard InChI is InChI=1S/C17H30BNO4/c1-14(2,3)21-13(20)19-10-12-8-17(9-12,11-19)18-22-15(4,5)16(6,7)23-18/h12H,8-11H2,1-7H3. The first-order chi connectivity index (χ1) is 10.3. The van der Waals surface area contributed by atoms with Crippen LogP contribution in [0.2, 0.25) is 5.31 Å². The maximum Gasteiger partial charge on any atom is 0.466 e. The zero-order valence-electron chi connectivity index (χ0n) is 15.6. The molecule has 4 rings (SSSR count). The molecule has 1 amide bonds. The van der Waals surface area contributed by atoms with Crippen molar-refractivity contribution in [2.45, 2.75) is 83.4 Å². The van der Waals surface area contributed by atoms with Gasteiger partial charge < -0.3 is 18.9 Å². The number of nitrogens with zero attached hydrogens (tertiary/aromatic N) is 1. The highest BCUT2D eigenvalue weighted by Crippen LogP contribution is 2.61. The molecule has 0 atom stereocenters. The van der Waals surface area contributed by atoms with Gasteiger partial charge in [0, 0.05) is 18.4 Å². The summed E-state index contributed by atoms with van der Waals surface area (Å²) in [5, 5.41) is -0.0785. The summed E-state index contributed by atoms with van der Waals surface area (Å²) in [6.45, 7) is 15.5. The fraction of sp³-hybridized carbons (Fsp3) is 0.941. The van der Waals surface area contributed by atoms with Crippen LogP contribution in [0.5, 0.6) is 0 Å². The Labute approximate surface area is 140 Å². The summed E-state index contributed by atoms with van der Waals surface area (Å²) in [5.41, 5.74) is -1.12. The van der Waals surface area contributed by atoms with Gasteiger partial charge in [-0.15, -0.1) is 0 Å². The monoisotopic (exact) mass is 323 g/mol. The first kappa shape index (κ1) is 17.1. The van der Waals surface area contributed by atoms with E-state index < -0.39 is 5.60 Å². The van der Waals surface area contributed by atoms with Gasteiger partial charge in [0.05, 0.1) is 11.2 Å². The molecule has 1 aliphatic carbocycles. The van der Waals surface area contributed by atoms with Crippen LogP contribution in [0.3, 0.4) is 0 Å². The molecule has 1 saturated carbocycles. The molecule has 6 heteroatoms. The Balaban J connectivity index is 1.71. The first-order valence-electron chi connectivity index (χ1n) is 8.67. The van der Waals surface area contributed by atoms with Crippen molar-refractivity contribution in [3.63, 3.8) is 0 Å². The maximum atomic E-state index is 12.4. The van der Waals surface area contributed by atoms with Crippen LogP contribution in [0.15, 0.2) is 0 Å². The van der Waals surface area contributed by atoms with Gasteiger partial charge in [-0.3, -0.25) is 0 Å². The van der Waals surface area contributed by atoms with Crippen molar-refractivity contribution in [1.29, 1.82) is 0 Å². The third kappa shape index (κ3) is 2.89. The Bertz CT molecular complexity index is 489. The van der Waals surface area contributed by atoms with Crippen molar-refractivity contribution in [3.8, 4) is 0 Å². The minimum absolute atomic E-state index is 0.0785. The van der Waals surface area contributed by atoms with E-state index in [1.54, 1.807) is 0 Å². The molecule has 4 aliphatic rings. The van der Waals surface area contributed by atoms with Gasteiger partial charge in [-0.25, -0.2) is 4.79 Å². The topological polar surface area (TPSA) is 48.0 Å². The molecule has 0 spiro atoms. The number of fused-ring (bicyclic) bond motifs is 2. The Kier molecular flexibility index (Phi) is 3.63. The summed E-state index contributed by atoms with van der Waals surface area (Å²) in [4.78, 5) is 14.3. The van der Waals surface area contributed by atoms with Gasteiger partial charge in [0.25, 0.3) is 0 Å². The average Bonchev–Trinajstić information content (AvgIpc) is 2.55. The fourth-order valence-corrected chi connectivity index (χ4v) is 3.93. The number of piperidine rings is 2. The summed E-state index contributed by atoms with van der Waals surface area (Å²) < 4.78 is 18.1. The van der Waals surface area contributed by atoms with E-state index in [1.165, 1.54) is 0 Å². The molecule has 0 unspecified atom stereocenters. The van der Waals surface area contributed by atoms with E-state index in [0.717, 1.165) is 19.4 Å². The van der Waals surface area contributed by atoms with E-state index in [2.05, 4.69) is 27.7 Å². The minimum Gasteiger partial charge on any atom is -0.444 e. The van der Waals surface area contributed by atoms with Crippen molar-refractivity contribution in [3.05, 3.63) is 0 Å². The molecule has 2 bridgehead atoms. The number of rotatable bonds is 1. The van der Waals surface area contributed by atoms with E-state index in [1.807, 2.05) is 25.7 Å². The molecular formula is C17H30BNO4. The Morgan fingerprint density at radius 2 is 1.65 bits per heavy atom. The highest BCUT2D eigenvalue weighted by molar-refractivity contribution is 6.50. The fourth-order valence-electron chi connectivity index (χ4n) is 3.93. The van der Waals surface area contributed by atoms with Crippen LogP contribution < -0.4 is 0 Å². The Morgan fingerprint density at radius 1 is 1.13 bits per heavy atom. The number of ether oxygens (including phenoxy) is 1. The van der Waals surface area contributed by atoms with Crippen LogP contribution in [0, 0.1) is 5.92 Å². The summed E-state index contributed by atoms with van der Waals surface area (Å²) >= 11 is 0. The average molecular weight is 323 g/mol. The molecule has 3 aliphatic heterocycles. The molecule has 3 heterocycles. The second-order valence-corrected chi connectivity index (χ2v) is 9.59. The van der Waals surface area contributed by atoms with Crippen LogP contribution in [-0.4, -0.2) is 48.0 Å². The first-order valence-corrected chi connectivity index (χ1v) is 8.67. The van der Waals surface area contributed by atoms with Crippen molar-refractivity contribution < 1.29 is 18.8 Å². The highest BCUT2D eigenvalue weighted by atomic mass is 16.7. The summed E-state index contributed by atoms with van der Waals surface area (Å²) in [5.74, 6) is 0.537. The van der Waals surface area contributed by atoms with Gasteiger partial charge in [0.2, 0.25) is 0 Å². The predicted octanol–water partition coefficient (Wildman–Crippen LogP) is 3.48. The smallest absolute Gasteiger partial charge is 0.444 e. The molecule has 0 aromatic rings. The van der Waals surface area contributed by atoms with Crippen molar-refractivity contribution in [1.82, 2.24) is 4.90 Å². The highest BCUT2D eigenvalue weighted by Gasteiger charge is 2.66. The summed E-state index contributed by atoms with van der Waals surface area (Å²) in [7, 11) is -0.242. The van der Waals surface area contributed by atoms with Gasteiger partial charge in [0.1, 0.15) is 5.60 Å². The van der Waals surface area contributed by atoms with Crippen LogP contribution in [0.25, 0.3) is 0 Å². The molecule has 130 valence electrons. The molecule has 23 heavy (non-hydrogen) atoms. The second kappa shape index (κ2) is 4.88. The SMILES string of the molecule is CC(C)(C)OC(=O)N1CC2CC(B3OC(C)(C)C(C)(C)O3)(C2)C1. The summed E-state index contributed by atoms with van der Waals surface area (Å²) in [6.07, 6.45) is 1.93. The van der Waals surface area contributed by atoms with Crippen LogP contribution in [0.4, 0.5) is 4.79 Å².